The molecule has 74 valence electrons. The van der Waals surface area contributed by atoms with Crippen LogP contribution >= 0.6 is 0 Å². The van der Waals surface area contributed by atoms with E-state index in [9.17, 15) is 0 Å². The highest BCUT2D eigenvalue weighted by Gasteiger charge is 2.11. The van der Waals surface area contributed by atoms with E-state index in [0.717, 1.165) is 6.04 Å². The lowest BCUT2D eigenvalue weighted by atomic mass is 10.4. The van der Waals surface area contributed by atoms with E-state index in [4.69, 9.17) is 0 Å². The number of hydrogen-bond acceptors (Lipinski definition) is 3. The predicted molar refractivity (Wildman–Crippen MR) is 61.4 cm³/mol. The van der Waals surface area contributed by atoms with Crippen molar-refractivity contribution in [3.63, 3.8) is 0 Å². The normalized spacial score (nSPS) is 14.5. The Morgan fingerprint density at radius 2 is 1.17 bits per heavy atom. The van der Waals surface area contributed by atoms with Crippen LogP contribution in [0, 0.1) is 0 Å². The lowest BCUT2D eigenvalue weighted by Gasteiger charge is -2.31. The Labute approximate surface area is 81.7 Å². The lowest BCUT2D eigenvalue weighted by molar-refractivity contribution is 0.462. The molecule has 0 atom stereocenters. The van der Waals surface area contributed by atoms with Crippen molar-refractivity contribution in [2.24, 2.45) is 0 Å². The van der Waals surface area contributed by atoms with E-state index in [1.165, 1.54) is 0 Å². The van der Waals surface area contributed by atoms with Crippen LogP contribution in [0.5, 0.6) is 0 Å². The Balaban J connectivity index is 3.87. The molecule has 0 fully saturated rings. The van der Waals surface area contributed by atoms with Gasteiger partial charge < -0.3 is 13.4 Å². The molecule has 0 aliphatic carbocycles. The van der Waals surface area contributed by atoms with E-state index < -0.39 is 0 Å². The van der Waals surface area contributed by atoms with E-state index in [-0.39, 0.29) is 19.7 Å². The average Bonchev–Trinajstić information content (AvgIpc) is 1.83. The molecule has 0 heterocycles. The first-order valence-corrected chi connectivity index (χ1v) is 7.00. The molecular formula is C7H23N3Si2. The summed E-state index contributed by atoms with van der Waals surface area (Å²) < 4.78 is 7.44. The summed E-state index contributed by atoms with van der Waals surface area (Å²) in [4.78, 5) is 0. The zero-order valence-electron chi connectivity index (χ0n) is 9.33. The van der Waals surface area contributed by atoms with Gasteiger partial charge in [0.2, 0.25) is 0 Å². The van der Waals surface area contributed by atoms with Crippen molar-refractivity contribution in [1.82, 2.24) is 13.4 Å². The molecule has 0 N–H and O–H groups in total. The molecule has 0 saturated carbocycles. The molecule has 12 heavy (non-hydrogen) atoms. The van der Waals surface area contributed by atoms with Gasteiger partial charge in [-0.3, -0.25) is 0 Å². The molecular weight excluding hydrogens is 182 g/mol. The zero-order valence-corrected chi connectivity index (χ0v) is 12.2. The van der Waals surface area contributed by atoms with Gasteiger partial charge in [-0.15, -0.1) is 0 Å². The van der Waals surface area contributed by atoms with Crippen molar-refractivity contribution in [2.45, 2.75) is 19.9 Å². The molecule has 0 spiro atoms. The van der Waals surface area contributed by atoms with E-state index in [1.807, 2.05) is 0 Å². The molecule has 3 nitrogen and oxygen atoms in total. The minimum Gasteiger partial charge on any atom is -0.329 e. The van der Waals surface area contributed by atoms with Gasteiger partial charge in [0.05, 0.1) is 0 Å². The third-order valence-electron chi connectivity index (χ3n) is 1.66. The van der Waals surface area contributed by atoms with Crippen molar-refractivity contribution >= 4 is 19.7 Å². The monoisotopic (exact) mass is 205 g/mol. The smallest absolute Gasteiger partial charge is 0.166 e. The number of nitrogens with zero attached hydrogens (tertiary/aromatic N) is 3. The summed E-state index contributed by atoms with van der Waals surface area (Å²) in [6.07, 6.45) is 0. The molecule has 0 aromatic heterocycles. The quantitative estimate of drug-likeness (QED) is 0.523. The summed E-state index contributed by atoms with van der Waals surface area (Å²) in [5.74, 6) is 0. The van der Waals surface area contributed by atoms with Crippen LogP contribution in [0.25, 0.3) is 0 Å². The van der Waals surface area contributed by atoms with Crippen LogP contribution in [-0.2, 0) is 0 Å². The van der Waals surface area contributed by atoms with Crippen LogP contribution in [0.3, 0.4) is 0 Å². The first kappa shape index (κ1) is 12.3. The molecule has 0 aromatic carbocycles. The zero-order chi connectivity index (χ0) is 9.72. The number of hydrogen-bond donors (Lipinski definition) is 0. The van der Waals surface area contributed by atoms with Crippen LogP contribution in [0.1, 0.15) is 13.8 Å². The second kappa shape index (κ2) is 5.87. The molecule has 0 radical (unpaired) electrons. The van der Waals surface area contributed by atoms with Gasteiger partial charge in [-0.1, -0.05) is 13.8 Å². The van der Waals surface area contributed by atoms with E-state index in [2.05, 4.69) is 55.4 Å². The Hall–Kier alpha value is 0.314. The van der Waals surface area contributed by atoms with Crippen LogP contribution in [0.15, 0.2) is 0 Å². The van der Waals surface area contributed by atoms with Gasteiger partial charge >= 0.3 is 0 Å². The van der Waals surface area contributed by atoms with Gasteiger partial charge in [0.15, 0.2) is 19.7 Å². The molecule has 0 amide bonds. The van der Waals surface area contributed by atoms with Crippen molar-refractivity contribution in [3.8, 4) is 0 Å². The lowest BCUT2D eigenvalue weighted by Crippen LogP contribution is -2.48. The van der Waals surface area contributed by atoms with Gasteiger partial charge in [-0.25, -0.2) is 0 Å². The van der Waals surface area contributed by atoms with Crippen molar-refractivity contribution in [3.05, 3.63) is 0 Å². The van der Waals surface area contributed by atoms with E-state index >= 15 is 0 Å². The molecule has 0 aromatic rings. The first-order chi connectivity index (χ1) is 5.43. The van der Waals surface area contributed by atoms with Gasteiger partial charge in [0.1, 0.15) is 0 Å². The van der Waals surface area contributed by atoms with Crippen LogP contribution < -0.4 is 0 Å². The van der Waals surface area contributed by atoms with E-state index in [1.54, 1.807) is 0 Å². The first-order valence-electron chi connectivity index (χ1n) is 4.47. The molecule has 0 saturated heterocycles. The Kier molecular flexibility index (Phi) is 6.03. The summed E-state index contributed by atoms with van der Waals surface area (Å²) in [6, 6.07) is 0.730. The third kappa shape index (κ3) is 5.90. The van der Waals surface area contributed by atoms with Crippen LogP contribution in [0.4, 0.5) is 0 Å². The maximum Gasteiger partial charge on any atom is 0.166 e. The second-order valence-corrected chi connectivity index (χ2v) is 9.74. The van der Waals surface area contributed by atoms with Crippen molar-refractivity contribution < 1.29 is 0 Å². The molecule has 0 unspecified atom stereocenters. The molecule has 0 bridgehead atoms. The summed E-state index contributed by atoms with van der Waals surface area (Å²) >= 11 is 0. The summed E-state index contributed by atoms with van der Waals surface area (Å²) in [6.45, 7) is 4.60. The summed E-state index contributed by atoms with van der Waals surface area (Å²) in [5, 5.41) is 0. The van der Waals surface area contributed by atoms with E-state index in [0.29, 0.717) is 0 Å². The molecule has 0 aliphatic heterocycles. The highest BCUT2D eigenvalue weighted by atomic mass is 28.3. The average molecular weight is 205 g/mol. The Morgan fingerprint density at radius 1 is 0.833 bits per heavy atom. The SMILES string of the molecule is CC(C)N([SiH2]N(C)C)[SiH2]N(C)C. The molecule has 0 aliphatic rings. The van der Waals surface area contributed by atoms with Gasteiger partial charge in [-0.05, 0) is 34.2 Å². The molecule has 0 rings (SSSR count). The largest absolute Gasteiger partial charge is 0.329 e. The topological polar surface area (TPSA) is 9.72 Å². The second-order valence-electron chi connectivity index (χ2n) is 4.12. The van der Waals surface area contributed by atoms with Crippen LogP contribution in [-0.4, -0.2) is 67.3 Å². The third-order valence-corrected chi connectivity index (χ3v) is 6.18. The standard InChI is InChI=1S/C7H23N3Si2/c1-7(2)10(11-8(3)4)12-9(5)6/h7H,11-12H2,1-6H3. The minimum atomic E-state index is -0.143. The van der Waals surface area contributed by atoms with Gasteiger partial charge in [-0.2, -0.15) is 0 Å². The Bertz CT molecular complexity index is 107. The maximum atomic E-state index is 2.69. The van der Waals surface area contributed by atoms with Crippen LogP contribution in [0.2, 0.25) is 0 Å². The van der Waals surface area contributed by atoms with Crippen molar-refractivity contribution in [1.29, 1.82) is 0 Å². The fourth-order valence-electron chi connectivity index (χ4n) is 1.10. The predicted octanol–water partition coefficient (Wildman–Crippen LogP) is -1.18. The highest BCUT2D eigenvalue weighted by Crippen LogP contribution is 1.94. The number of rotatable bonds is 5. The molecule has 5 heteroatoms. The summed E-state index contributed by atoms with van der Waals surface area (Å²) in [7, 11) is 8.46. The van der Waals surface area contributed by atoms with Crippen molar-refractivity contribution in [2.75, 3.05) is 28.2 Å². The van der Waals surface area contributed by atoms with Gasteiger partial charge in [0, 0.05) is 0 Å². The maximum absolute atomic E-state index is 2.69. The highest BCUT2D eigenvalue weighted by molar-refractivity contribution is 6.47. The minimum absolute atomic E-state index is 0.143. The fourth-order valence-corrected chi connectivity index (χ4v) is 5.96. The summed E-state index contributed by atoms with van der Waals surface area (Å²) in [5.41, 5.74) is 0. The van der Waals surface area contributed by atoms with Gasteiger partial charge in [0.25, 0.3) is 0 Å². The fraction of sp³-hybridized carbons (Fsp3) is 1.00. The Morgan fingerprint density at radius 3 is 1.33 bits per heavy atom.